The quantitative estimate of drug-likeness (QED) is 0.423. The van der Waals surface area contributed by atoms with Gasteiger partial charge in [-0.2, -0.15) is 0 Å². The molecule has 0 aromatic heterocycles. The van der Waals surface area contributed by atoms with E-state index in [0.717, 1.165) is 11.1 Å². The molecule has 2 aromatic rings. The number of ether oxygens (including phenoxy) is 2. The Kier molecular flexibility index (Phi) is 5.39. The third kappa shape index (κ3) is 4.05. The second kappa shape index (κ2) is 8.42. The van der Waals surface area contributed by atoms with Crippen molar-refractivity contribution in [3.63, 3.8) is 0 Å². The summed E-state index contributed by atoms with van der Waals surface area (Å²) >= 11 is 0. The number of para-hydroxylation sites is 2. The average molecular weight is 478 g/mol. The van der Waals surface area contributed by atoms with Crippen LogP contribution in [0.2, 0.25) is 0 Å². The number of nitrogens with zero attached hydrogens (tertiary/aromatic N) is 1. The van der Waals surface area contributed by atoms with E-state index >= 15 is 0 Å². The number of esters is 1. The number of carbonyl (C=O) groups excluding carboxylic acids is 5. The molecule has 5 rings (SSSR count). The van der Waals surface area contributed by atoms with Crippen molar-refractivity contribution >= 4 is 41.1 Å². The lowest BCUT2D eigenvalue weighted by Gasteiger charge is -2.33. The van der Waals surface area contributed by atoms with E-state index in [2.05, 4.69) is 20.7 Å². The Morgan fingerprint density at radius 1 is 1.14 bits per heavy atom. The van der Waals surface area contributed by atoms with Crippen LogP contribution in [0.4, 0.5) is 16.2 Å². The minimum Gasteiger partial charge on any atom is -0.478 e. The summed E-state index contributed by atoms with van der Waals surface area (Å²) in [5.41, 5.74) is 1.67. The number of methoxy groups -OCH3 is 1. The summed E-state index contributed by atoms with van der Waals surface area (Å²) in [6, 6.07) is 11.5. The van der Waals surface area contributed by atoms with Gasteiger partial charge < -0.3 is 20.1 Å². The standard InChI is InChI=1S/C24H22N4O7/c1-34-20(30)9-18-21(31)28(16-4-2-3-5-17(16)35-18)12-19(29)25-15-7-6-13-10-24(11-14(13)8-15)22(32)26-23(33)27-24/h2-8,18H,9-12H2,1H3,(H,25,29)(H2,26,27,32,33). The van der Waals surface area contributed by atoms with E-state index in [1.165, 1.54) is 12.0 Å². The summed E-state index contributed by atoms with van der Waals surface area (Å²) in [7, 11) is 1.22. The second-order valence-electron chi connectivity index (χ2n) is 8.65. The predicted molar refractivity (Wildman–Crippen MR) is 122 cm³/mol. The van der Waals surface area contributed by atoms with Crippen molar-refractivity contribution in [1.82, 2.24) is 10.6 Å². The van der Waals surface area contributed by atoms with Crippen LogP contribution in [0, 0.1) is 0 Å². The van der Waals surface area contributed by atoms with E-state index in [1.54, 1.807) is 42.5 Å². The molecule has 1 saturated heterocycles. The van der Waals surface area contributed by atoms with Crippen LogP contribution in [0.25, 0.3) is 0 Å². The Hall–Kier alpha value is -4.41. The lowest BCUT2D eigenvalue weighted by Crippen LogP contribution is -2.49. The molecule has 2 unspecified atom stereocenters. The number of rotatable bonds is 5. The number of imide groups is 1. The van der Waals surface area contributed by atoms with Crippen LogP contribution in [0.1, 0.15) is 17.5 Å². The van der Waals surface area contributed by atoms with Gasteiger partial charge in [0.25, 0.3) is 11.8 Å². The number of urea groups is 1. The van der Waals surface area contributed by atoms with Crippen molar-refractivity contribution in [2.75, 3.05) is 23.9 Å². The number of fused-ring (bicyclic) bond motifs is 2. The van der Waals surface area contributed by atoms with Gasteiger partial charge in [-0.25, -0.2) is 4.79 Å². The van der Waals surface area contributed by atoms with Crippen LogP contribution in [-0.4, -0.2) is 55.0 Å². The molecule has 1 spiro atoms. The molecule has 11 heteroatoms. The first kappa shape index (κ1) is 22.4. The van der Waals surface area contributed by atoms with Crippen LogP contribution in [0.3, 0.4) is 0 Å². The Morgan fingerprint density at radius 2 is 1.91 bits per heavy atom. The number of amides is 5. The van der Waals surface area contributed by atoms with Crippen LogP contribution in [0.5, 0.6) is 5.75 Å². The highest BCUT2D eigenvalue weighted by atomic mass is 16.5. The summed E-state index contributed by atoms with van der Waals surface area (Å²) in [4.78, 5) is 62.8. The van der Waals surface area contributed by atoms with Gasteiger partial charge in [0.2, 0.25) is 5.91 Å². The molecule has 0 saturated carbocycles. The summed E-state index contributed by atoms with van der Waals surface area (Å²) in [6.45, 7) is -0.295. The third-order valence-corrected chi connectivity index (χ3v) is 6.34. The molecule has 3 aliphatic rings. The van der Waals surface area contributed by atoms with Crippen molar-refractivity contribution in [3.8, 4) is 5.75 Å². The topological polar surface area (TPSA) is 143 Å². The summed E-state index contributed by atoms with van der Waals surface area (Å²) in [6.07, 6.45) is -0.699. The van der Waals surface area contributed by atoms with E-state index in [0.29, 0.717) is 30.0 Å². The van der Waals surface area contributed by atoms with E-state index in [9.17, 15) is 24.0 Å². The lowest BCUT2D eigenvalue weighted by molar-refractivity contribution is -0.145. The molecule has 35 heavy (non-hydrogen) atoms. The average Bonchev–Trinajstić information content (AvgIpc) is 3.32. The van der Waals surface area contributed by atoms with Gasteiger partial charge in [0.15, 0.2) is 6.10 Å². The van der Waals surface area contributed by atoms with Crippen molar-refractivity contribution < 1.29 is 33.4 Å². The van der Waals surface area contributed by atoms with Gasteiger partial charge >= 0.3 is 12.0 Å². The van der Waals surface area contributed by atoms with Gasteiger partial charge in [0.1, 0.15) is 17.8 Å². The Bertz CT molecular complexity index is 1280. The van der Waals surface area contributed by atoms with Crippen LogP contribution >= 0.6 is 0 Å². The minimum atomic E-state index is -1.10. The number of hydrogen-bond donors (Lipinski definition) is 3. The molecule has 2 aliphatic heterocycles. The largest absolute Gasteiger partial charge is 0.478 e. The van der Waals surface area contributed by atoms with Gasteiger partial charge in [0.05, 0.1) is 19.2 Å². The highest BCUT2D eigenvalue weighted by molar-refractivity contribution is 6.08. The number of carbonyl (C=O) groups is 5. The molecule has 0 radical (unpaired) electrons. The maximum absolute atomic E-state index is 13.0. The first-order valence-electron chi connectivity index (χ1n) is 11.0. The van der Waals surface area contributed by atoms with Gasteiger partial charge in [-0.3, -0.25) is 29.4 Å². The summed E-state index contributed by atoms with van der Waals surface area (Å²) < 4.78 is 10.3. The number of benzene rings is 2. The van der Waals surface area contributed by atoms with Crippen molar-refractivity contribution in [1.29, 1.82) is 0 Å². The molecule has 2 atom stereocenters. The maximum atomic E-state index is 13.0. The van der Waals surface area contributed by atoms with Gasteiger partial charge in [0, 0.05) is 18.5 Å². The highest BCUT2D eigenvalue weighted by Gasteiger charge is 2.50. The first-order chi connectivity index (χ1) is 16.8. The molecule has 1 aliphatic carbocycles. The van der Waals surface area contributed by atoms with E-state index in [4.69, 9.17) is 4.74 Å². The fraction of sp³-hybridized carbons (Fsp3) is 0.292. The molecule has 0 bridgehead atoms. The molecular formula is C24H22N4O7. The Balaban J connectivity index is 1.31. The SMILES string of the molecule is COC(=O)CC1Oc2ccccc2N(CC(=O)Nc2ccc3c(c2)CC2(C3)NC(=O)NC2=O)C1=O. The summed E-state index contributed by atoms with van der Waals surface area (Å²) in [5, 5.41) is 7.76. The summed E-state index contributed by atoms with van der Waals surface area (Å²) in [5.74, 6) is -1.56. The van der Waals surface area contributed by atoms with Crippen molar-refractivity contribution in [3.05, 3.63) is 53.6 Å². The van der Waals surface area contributed by atoms with E-state index in [-0.39, 0.29) is 18.9 Å². The van der Waals surface area contributed by atoms with Crippen LogP contribution in [-0.2, 0) is 36.8 Å². The molecule has 11 nitrogen and oxygen atoms in total. The minimum absolute atomic E-state index is 0.279. The second-order valence-corrected chi connectivity index (χ2v) is 8.65. The van der Waals surface area contributed by atoms with Gasteiger partial charge in [-0.15, -0.1) is 0 Å². The molecule has 2 heterocycles. The molecule has 5 amide bonds. The zero-order chi connectivity index (χ0) is 24.7. The fourth-order valence-electron chi connectivity index (χ4n) is 4.68. The van der Waals surface area contributed by atoms with Crippen molar-refractivity contribution in [2.45, 2.75) is 30.9 Å². The van der Waals surface area contributed by atoms with E-state index in [1.807, 2.05) is 0 Å². The third-order valence-electron chi connectivity index (χ3n) is 6.34. The molecular weight excluding hydrogens is 456 g/mol. The molecule has 1 fully saturated rings. The van der Waals surface area contributed by atoms with E-state index < -0.39 is 35.5 Å². The predicted octanol–water partition coefficient (Wildman–Crippen LogP) is 0.659. The van der Waals surface area contributed by atoms with Crippen LogP contribution < -0.4 is 25.6 Å². The van der Waals surface area contributed by atoms with Gasteiger partial charge in [-0.05, 0) is 35.4 Å². The normalized spacial score (nSPS) is 22.1. The molecule has 180 valence electrons. The Morgan fingerprint density at radius 3 is 2.66 bits per heavy atom. The van der Waals surface area contributed by atoms with Crippen LogP contribution in [0.15, 0.2) is 42.5 Å². The zero-order valence-electron chi connectivity index (χ0n) is 18.8. The van der Waals surface area contributed by atoms with Crippen molar-refractivity contribution in [2.24, 2.45) is 0 Å². The Labute approximate surface area is 199 Å². The van der Waals surface area contributed by atoms with Gasteiger partial charge in [-0.1, -0.05) is 18.2 Å². The lowest BCUT2D eigenvalue weighted by atomic mass is 9.96. The number of anilines is 2. The number of hydrogen-bond acceptors (Lipinski definition) is 7. The highest BCUT2D eigenvalue weighted by Crippen LogP contribution is 2.35. The zero-order valence-corrected chi connectivity index (χ0v) is 18.8. The smallest absolute Gasteiger partial charge is 0.322 e. The maximum Gasteiger partial charge on any atom is 0.322 e. The number of nitrogens with one attached hydrogen (secondary N) is 3. The fourth-order valence-corrected chi connectivity index (χ4v) is 4.68. The molecule has 2 aromatic carbocycles. The molecule has 3 N–H and O–H groups in total. The monoisotopic (exact) mass is 478 g/mol. The first-order valence-corrected chi connectivity index (χ1v) is 11.0.